The van der Waals surface area contributed by atoms with E-state index >= 15 is 0 Å². The number of nitrogens with one attached hydrogen (secondary N) is 1. The van der Waals surface area contributed by atoms with E-state index in [2.05, 4.69) is 15.4 Å². The third kappa shape index (κ3) is 4.25. The minimum atomic E-state index is -0.648. The SMILES string of the molecule is Cc1nc(C(=O)N2CCOC2CNC(=O)c2c(C)nn(C)c2Cl)c(-c2ccc(F)cc2)s1. The molecule has 8 nitrogen and oxygen atoms in total. The number of ether oxygens (including phenoxy) is 1. The van der Waals surface area contributed by atoms with E-state index in [1.807, 2.05) is 6.92 Å². The van der Waals surface area contributed by atoms with Crippen molar-refractivity contribution in [3.63, 3.8) is 0 Å². The average molecular weight is 478 g/mol. The smallest absolute Gasteiger partial charge is 0.276 e. The molecule has 0 bridgehead atoms. The highest BCUT2D eigenvalue weighted by Gasteiger charge is 2.34. The quantitative estimate of drug-likeness (QED) is 0.609. The van der Waals surface area contributed by atoms with Gasteiger partial charge in [0.1, 0.15) is 22.9 Å². The maximum absolute atomic E-state index is 13.3. The topological polar surface area (TPSA) is 89.3 Å². The molecule has 1 aliphatic heterocycles. The summed E-state index contributed by atoms with van der Waals surface area (Å²) in [6.07, 6.45) is -0.648. The van der Waals surface area contributed by atoms with Crippen LogP contribution in [0.15, 0.2) is 24.3 Å². The molecule has 1 aliphatic rings. The molecule has 168 valence electrons. The molecule has 2 aromatic heterocycles. The number of nitrogens with zero attached hydrogens (tertiary/aromatic N) is 4. The third-order valence-electron chi connectivity index (χ3n) is 5.11. The van der Waals surface area contributed by atoms with Gasteiger partial charge in [-0.3, -0.25) is 14.3 Å². The van der Waals surface area contributed by atoms with Gasteiger partial charge in [0.25, 0.3) is 11.8 Å². The summed E-state index contributed by atoms with van der Waals surface area (Å²) >= 11 is 7.53. The highest BCUT2D eigenvalue weighted by molar-refractivity contribution is 7.15. The van der Waals surface area contributed by atoms with Gasteiger partial charge in [-0.05, 0) is 31.5 Å². The molecule has 3 heterocycles. The number of thiazole rings is 1. The Bertz CT molecular complexity index is 1180. The van der Waals surface area contributed by atoms with E-state index in [1.54, 1.807) is 31.0 Å². The zero-order valence-corrected chi connectivity index (χ0v) is 19.3. The van der Waals surface area contributed by atoms with Gasteiger partial charge < -0.3 is 15.0 Å². The van der Waals surface area contributed by atoms with Gasteiger partial charge in [0.15, 0.2) is 0 Å². The Morgan fingerprint density at radius 3 is 2.69 bits per heavy atom. The summed E-state index contributed by atoms with van der Waals surface area (Å²) in [5.41, 5.74) is 1.80. The first kappa shape index (κ1) is 22.4. The molecular formula is C21H21ClFN5O3S. The van der Waals surface area contributed by atoms with Crippen LogP contribution in [0.4, 0.5) is 4.39 Å². The molecule has 4 rings (SSSR count). The largest absolute Gasteiger partial charge is 0.355 e. The fourth-order valence-corrected chi connectivity index (χ4v) is 4.76. The summed E-state index contributed by atoms with van der Waals surface area (Å²) < 4.78 is 20.5. The van der Waals surface area contributed by atoms with E-state index in [4.69, 9.17) is 16.3 Å². The first-order valence-corrected chi connectivity index (χ1v) is 11.1. The Hall–Kier alpha value is -2.82. The van der Waals surface area contributed by atoms with Crippen LogP contribution in [0, 0.1) is 19.7 Å². The van der Waals surface area contributed by atoms with Crippen LogP contribution in [0.1, 0.15) is 31.5 Å². The van der Waals surface area contributed by atoms with Gasteiger partial charge in [-0.2, -0.15) is 5.10 Å². The Labute approximate surface area is 193 Å². The molecule has 1 aromatic carbocycles. The van der Waals surface area contributed by atoms with E-state index < -0.39 is 6.23 Å². The molecule has 1 fully saturated rings. The molecule has 1 saturated heterocycles. The van der Waals surface area contributed by atoms with Crippen LogP contribution in [-0.2, 0) is 11.8 Å². The Balaban J connectivity index is 1.51. The van der Waals surface area contributed by atoms with Crippen LogP contribution in [0.25, 0.3) is 10.4 Å². The second kappa shape index (κ2) is 8.97. The van der Waals surface area contributed by atoms with Gasteiger partial charge >= 0.3 is 0 Å². The molecule has 0 radical (unpaired) electrons. The van der Waals surface area contributed by atoms with Crippen molar-refractivity contribution in [2.75, 3.05) is 19.7 Å². The summed E-state index contributed by atoms with van der Waals surface area (Å²) in [5.74, 6) is -1.04. The molecule has 1 atom stereocenters. The standard InChI is InChI=1S/C21H21ClFN5O3S/c1-11-16(19(22)27(3)26-11)20(29)24-10-15-28(8-9-31-15)21(30)17-18(32-12(2)25-17)13-4-6-14(23)7-5-13/h4-7,15H,8-10H2,1-3H3,(H,24,29). The second-order valence-corrected chi connectivity index (χ2v) is 8.89. The van der Waals surface area contributed by atoms with E-state index in [9.17, 15) is 14.0 Å². The Morgan fingerprint density at radius 1 is 1.31 bits per heavy atom. The average Bonchev–Trinajstić information content (AvgIpc) is 3.44. The highest BCUT2D eigenvalue weighted by atomic mass is 35.5. The molecule has 32 heavy (non-hydrogen) atoms. The lowest BCUT2D eigenvalue weighted by Gasteiger charge is -2.23. The van der Waals surface area contributed by atoms with Crippen LogP contribution in [0.3, 0.4) is 0 Å². The van der Waals surface area contributed by atoms with Crippen molar-refractivity contribution in [2.24, 2.45) is 7.05 Å². The van der Waals surface area contributed by atoms with Crippen molar-refractivity contribution in [3.05, 3.63) is 57.2 Å². The number of hydrogen-bond acceptors (Lipinski definition) is 6. The van der Waals surface area contributed by atoms with Gasteiger partial charge in [0.2, 0.25) is 0 Å². The van der Waals surface area contributed by atoms with Gasteiger partial charge in [0.05, 0.1) is 34.3 Å². The van der Waals surface area contributed by atoms with Gasteiger partial charge in [0, 0.05) is 13.6 Å². The van der Waals surface area contributed by atoms with Crippen molar-refractivity contribution >= 4 is 34.8 Å². The monoisotopic (exact) mass is 477 g/mol. The van der Waals surface area contributed by atoms with Crippen LogP contribution < -0.4 is 5.32 Å². The fourth-order valence-electron chi connectivity index (χ4n) is 3.58. The maximum Gasteiger partial charge on any atom is 0.276 e. The number of aromatic nitrogens is 3. The van der Waals surface area contributed by atoms with E-state index in [1.165, 1.54) is 28.2 Å². The Kier molecular flexibility index (Phi) is 6.27. The summed E-state index contributed by atoms with van der Waals surface area (Å²) in [6, 6.07) is 5.94. The number of amides is 2. The number of hydrogen-bond donors (Lipinski definition) is 1. The molecular weight excluding hydrogens is 457 g/mol. The van der Waals surface area contributed by atoms with Crippen LogP contribution in [0.2, 0.25) is 5.15 Å². The molecule has 0 aliphatic carbocycles. The molecule has 11 heteroatoms. The number of carbonyl (C=O) groups excluding carboxylic acids is 2. The first-order valence-electron chi connectivity index (χ1n) is 9.89. The second-order valence-electron chi connectivity index (χ2n) is 7.33. The highest BCUT2D eigenvalue weighted by Crippen LogP contribution is 2.32. The van der Waals surface area contributed by atoms with Gasteiger partial charge in [-0.1, -0.05) is 23.7 Å². The summed E-state index contributed by atoms with van der Waals surface area (Å²) in [4.78, 5) is 32.6. The number of aryl methyl sites for hydroxylation is 3. The minimum Gasteiger partial charge on any atom is -0.355 e. The normalized spacial score (nSPS) is 15.9. The zero-order chi connectivity index (χ0) is 23.0. The fraction of sp³-hybridized carbons (Fsp3) is 0.333. The van der Waals surface area contributed by atoms with Crippen molar-refractivity contribution in [1.82, 2.24) is 25.0 Å². The van der Waals surface area contributed by atoms with Crippen LogP contribution in [0.5, 0.6) is 0 Å². The lowest BCUT2D eigenvalue weighted by molar-refractivity contribution is 0.0276. The number of benzene rings is 1. The summed E-state index contributed by atoms with van der Waals surface area (Å²) in [5, 5.41) is 7.87. The van der Waals surface area contributed by atoms with Crippen LogP contribution in [-0.4, -0.2) is 57.4 Å². The lowest BCUT2D eigenvalue weighted by Crippen LogP contribution is -2.44. The van der Waals surface area contributed by atoms with E-state index in [-0.39, 0.29) is 35.0 Å². The van der Waals surface area contributed by atoms with Crippen molar-refractivity contribution < 1.29 is 18.7 Å². The molecule has 0 spiro atoms. The molecule has 0 saturated carbocycles. The number of halogens is 2. The molecule has 1 unspecified atom stereocenters. The number of rotatable bonds is 5. The minimum absolute atomic E-state index is 0.0875. The van der Waals surface area contributed by atoms with Gasteiger partial charge in [-0.25, -0.2) is 9.37 Å². The summed E-state index contributed by atoms with van der Waals surface area (Å²) in [7, 11) is 1.65. The maximum atomic E-state index is 13.3. The predicted octanol–water partition coefficient (Wildman–Crippen LogP) is 3.18. The van der Waals surface area contributed by atoms with Crippen molar-refractivity contribution in [2.45, 2.75) is 20.1 Å². The van der Waals surface area contributed by atoms with Gasteiger partial charge in [-0.15, -0.1) is 11.3 Å². The Morgan fingerprint density at radius 2 is 2.03 bits per heavy atom. The van der Waals surface area contributed by atoms with Crippen LogP contribution >= 0.6 is 22.9 Å². The van der Waals surface area contributed by atoms with Crippen molar-refractivity contribution in [3.8, 4) is 10.4 Å². The number of carbonyl (C=O) groups is 2. The first-order chi connectivity index (χ1) is 15.3. The van der Waals surface area contributed by atoms with E-state index in [0.29, 0.717) is 34.8 Å². The summed E-state index contributed by atoms with van der Waals surface area (Å²) in [6.45, 7) is 4.31. The predicted molar refractivity (Wildman–Crippen MR) is 118 cm³/mol. The molecule has 1 N–H and O–H groups in total. The third-order valence-corrected chi connectivity index (χ3v) is 6.56. The zero-order valence-electron chi connectivity index (χ0n) is 17.7. The lowest BCUT2D eigenvalue weighted by atomic mass is 10.1. The molecule has 2 amide bonds. The van der Waals surface area contributed by atoms with E-state index in [0.717, 1.165) is 5.01 Å². The molecule has 3 aromatic rings. The van der Waals surface area contributed by atoms with Crippen molar-refractivity contribution in [1.29, 1.82) is 0 Å².